The Kier molecular flexibility index (Phi) is 9.13. The lowest BCUT2D eigenvalue weighted by Crippen LogP contribution is -2.58. The Labute approximate surface area is 255 Å². The quantitative estimate of drug-likeness (QED) is 0.268. The molecule has 0 radical (unpaired) electrons. The lowest BCUT2D eigenvalue weighted by Gasteiger charge is -2.48. The van der Waals surface area contributed by atoms with Gasteiger partial charge >= 0.3 is 5.97 Å². The maximum atomic E-state index is 14.2. The van der Waals surface area contributed by atoms with Crippen LogP contribution in [0.5, 0.6) is 0 Å². The third-order valence-corrected chi connectivity index (χ3v) is 10.5. The molecule has 42 heavy (non-hydrogen) atoms. The summed E-state index contributed by atoms with van der Waals surface area (Å²) in [5.41, 5.74) is 1.89. The first-order valence-corrected chi connectivity index (χ1v) is 16.1. The van der Waals surface area contributed by atoms with Crippen LogP contribution in [0.2, 0.25) is 10.0 Å². The van der Waals surface area contributed by atoms with Gasteiger partial charge in [-0.1, -0.05) is 72.6 Å². The van der Waals surface area contributed by atoms with E-state index in [1.165, 1.54) is 4.31 Å². The Morgan fingerprint density at radius 3 is 2.29 bits per heavy atom. The third-order valence-electron chi connectivity index (χ3n) is 7.71. The van der Waals surface area contributed by atoms with Crippen molar-refractivity contribution in [3.05, 3.63) is 100 Å². The Morgan fingerprint density at radius 2 is 1.69 bits per heavy atom. The highest BCUT2D eigenvalue weighted by molar-refractivity contribution is 7.93. The second-order valence-corrected chi connectivity index (χ2v) is 13.6. The summed E-state index contributed by atoms with van der Waals surface area (Å²) < 4.78 is 35.1. The van der Waals surface area contributed by atoms with Gasteiger partial charge in [-0.2, -0.15) is 0 Å². The van der Waals surface area contributed by atoms with Gasteiger partial charge < -0.3 is 14.7 Å². The number of carbonyl (C=O) groups excluding carboxylic acids is 1. The third kappa shape index (κ3) is 6.44. The number of amides is 1. The van der Waals surface area contributed by atoms with Crippen LogP contribution in [0.1, 0.15) is 55.9 Å². The van der Waals surface area contributed by atoms with Crippen molar-refractivity contribution in [2.45, 2.75) is 62.1 Å². The van der Waals surface area contributed by atoms with E-state index in [1.54, 1.807) is 71.6 Å². The standard InChI is InChI=1S/C31H32Cl2N2O6S/c1-2-24(19-34(25-9-4-3-5-10-25)42(39,40)26-15-16-26)35-29(20-11-13-22(32)14-12-20)30(21-7-6-8-23(33)17-21)41-27(31(35)38)18-28(36)37/h3-14,17,24,26-27,29-30H,2,15-16,18-19H2,1H3,(H,36,37)/t24-,27+,29-,30+/m1/s1. The number of hydrogen-bond acceptors (Lipinski definition) is 5. The molecule has 3 aromatic rings. The minimum atomic E-state index is -3.70. The molecule has 1 N–H and O–H groups in total. The number of rotatable bonds is 11. The van der Waals surface area contributed by atoms with Crippen molar-refractivity contribution in [2.24, 2.45) is 0 Å². The number of carboxylic acids is 1. The van der Waals surface area contributed by atoms with Crippen LogP contribution in [0, 0.1) is 0 Å². The van der Waals surface area contributed by atoms with Gasteiger partial charge in [-0.3, -0.25) is 13.9 Å². The second kappa shape index (κ2) is 12.6. The monoisotopic (exact) mass is 630 g/mol. The van der Waals surface area contributed by atoms with Gasteiger partial charge in [0.2, 0.25) is 10.0 Å². The number of anilines is 1. The van der Waals surface area contributed by atoms with E-state index in [9.17, 15) is 23.1 Å². The smallest absolute Gasteiger partial charge is 0.306 e. The first-order valence-electron chi connectivity index (χ1n) is 13.9. The molecule has 2 aliphatic rings. The van der Waals surface area contributed by atoms with Gasteiger partial charge in [-0.25, -0.2) is 8.42 Å². The van der Waals surface area contributed by atoms with E-state index in [2.05, 4.69) is 0 Å². The van der Waals surface area contributed by atoms with Gasteiger partial charge in [0.05, 0.1) is 36.0 Å². The van der Waals surface area contributed by atoms with Gasteiger partial charge in [-0.05, 0) is 66.8 Å². The van der Waals surface area contributed by atoms with Gasteiger partial charge in [0.25, 0.3) is 5.91 Å². The minimum absolute atomic E-state index is 0.00274. The molecule has 0 unspecified atom stereocenters. The fourth-order valence-corrected chi connectivity index (χ4v) is 7.71. The molecule has 5 rings (SSSR count). The number of aliphatic carboxylic acids is 1. The molecule has 1 saturated carbocycles. The van der Waals surface area contributed by atoms with Crippen molar-refractivity contribution in [2.75, 3.05) is 10.8 Å². The summed E-state index contributed by atoms with van der Waals surface area (Å²) in [5, 5.41) is 10.2. The number of carbonyl (C=O) groups is 2. The molecule has 2 fully saturated rings. The number of ether oxygens (including phenoxy) is 1. The number of nitrogens with zero attached hydrogens (tertiary/aromatic N) is 2. The molecule has 0 bridgehead atoms. The molecule has 0 spiro atoms. The van der Waals surface area contributed by atoms with E-state index in [4.69, 9.17) is 27.9 Å². The van der Waals surface area contributed by atoms with E-state index >= 15 is 0 Å². The van der Waals surface area contributed by atoms with Gasteiger partial charge in [0.1, 0.15) is 12.2 Å². The van der Waals surface area contributed by atoms with Crippen LogP contribution in [0.25, 0.3) is 0 Å². The molecule has 1 aliphatic heterocycles. The number of carboxylic acid groups (broad SMARTS) is 1. The average Bonchev–Trinajstić information content (AvgIpc) is 3.82. The summed E-state index contributed by atoms with van der Waals surface area (Å²) in [6, 6.07) is 21.6. The van der Waals surface area contributed by atoms with Crippen molar-refractivity contribution in [1.29, 1.82) is 0 Å². The number of benzene rings is 3. The summed E-state index contributed by atoms with van der Waals surface area (Å²) in [7, 11) is -3.70. The largest absolute Gasteiger partial charge is 0.481 e. The number of halogens is 2. The maximum Gasteiger partial charge on any atom is 0.306 e. The summed E-state index contributed by atoms with van der Waals surface area (Å²) in [6.07, 6.45) is -1.03. The molecule has 1 heterocycles. The number of morpholine rings is 1. The van der Waals surface area contributed by atoms with Crippen molar-refractivity contribution in [1.82, 2.24) is 4.90 Å². The average molecular weight is 632 g/mol. The first-order chi connectivity index (χ1) is 20.1. The molecule has 1 amide bonds. The van der Waals surface area contributed by atoms with Crippen LogP contribution in [-0.4, -0.2) is 54.2 Å². The van der Waals surface area contributed by atoms with Crippen LogP contribution in [0.15, 0.2) is 78.9 Å². The van der Waals surface area contributed by atoms with Crippen LogP contribution >= 0.6 is 23.2 Å². The van der Waals surface area contributed by atoms with Crippen LogP contribution in [0.4, 0.5) is 5.69 Å². The second-order valence-electron chi connectivity index (χ2n) is 10.6. The SMILES string of the molecule is CC[C@H](CN(c1ccccc1)S(=O)(=O)C1CC1)N1C(=O)[C@H](CC(=O)O)O[C@@H](c2cccc(Cl)c2)[C@H]1c1ccc(Cl)cc1. The Hall–Kier alpha value is -3.11. The molecule has 1 aliphatic carbocycles. The van der Waals surface area contributed by atoms with Crippen LogP contribution in [-0.2, 0) is 24.3 Å². The van der Waals surface area contributed by atoms with Crippen molar-refractivity contribution in [3.8, 4) is 0 Å². The molecule has 4 atom stereocenters. The van der Waals surface area contributed by atoms with Crippen molar-refractivity contribution in [3.63, 3.8) is 0 Å². The summed E-state index contributed by atoms with van der Waals surface area (Å²) >= 11 is 12.6. The van der Waals surface area contributed by atoms with Crippen molar-refractivity contribution >= 4 is 50.8 Å². The molecule has 3 aromatic carbocycles. The summed E-state index contributed by atoms with van der Waals surface area (Å²) in [4.78, 5) is 27.7. The minimum Gasteiger partial charge on any atom is -0.481 e. The lowest BCUT2D eigenvalue weighted by atomic mass is 9.89. The van der Waals surface area contributed by atoms with Gasteiger partial charge in [0.15, 0.2) is 0 Å². The highest BCUT2D eigenvalue weighted by Gasteiger charge is 2.49. The molecular weight excluding hydrogens is 599 g/mol. The summed E-state index contributed by atoms with van der Waals surface area (Å²) in [5.74, 6) is -1.70. The topological polar surface area (TPSA) is 104 Å². The van der Waals surface area contributed by atoms with Gasteiger partial charge in [0, 0.05) is 10.0 Å². The maximum absolute atomic E-state index is 14.2. The fourth-order valence-electron chi connectivity index (χ4n) is 5.50. The van der Waals surface area contributed by atoms with E-state index in [1.807, 2.05) is 19.1 Å². The Balaban J connectivity index is 1.64. The number of hydrogen-bond donors (Lipinski definition) is 1. The van der Waals surface area contributed by atoms with Gasteiger partial charge in [-0.15, -0.1) is 0 Å². The molecule has 8 nitrogen and oxygen atoms in total. The summed E-state index contributed by atoms with van der Waals surface area (Å²) in [6.45, 7) is 1.89. The van der Waals surface area contributed by atoms with Crippen LogP contribution in [0.3, 0.4) is 0 Å². The Bertz CT molecular complexity index is 1530. The normalized spacial score (nSPS) is 21.6. The van der Waals surface area contributed by atoms with E-state index in [-0.39, 0.29) is 6.54 Å². The van der Waals surface area contributed by atoms with E-state index in [0.29, 0.717) is 46.1 Å². The molecule has 0 aromatic heterocycles. The van der Waals surface area contributed by atoms with Crippen LogP contribution < -0.4 is 4.31 Å². The van der Waals surface area contributed by atoms with E-state index in [0.717, 1.165) is 0 Å². The van der Waals surface area contributed by atoms with Crippen molar-refractivity contribution < 1.29 is 27.9 Å². The number of para-hydroxylation sites is 1. The molecule has 1 saturated heterocycles. The molecule has 11 heteroatoms. The zero-order valence-electron chi connectivity index (χ0n) is 23.0. The zero-order chi connectivity index (χ0) is 30.0. The lowest BCUT2D eigenvalue weighted by molar-refractivity contribution is -0.183. The highest BCUT2D eigenvalue weighted by Crippen LogP contribution is 2.45. The first kappa shape index (κ1) is 30.4. The zero-order valence-corrected chi connectivity index (χ0v) is 25.3. The number of sulfonamides is 1. The fraction of sp³-hybridized carbons (Fsp3) is 0.355. The molecule has 222 valence electrons. The highest BCUT2D eigenvalue weighted by atomic mass is 35.5. The molecular formula is C31H32Cl2N2O6S. The predicted molar refractivity (Wildman–Crippen MR) is 162 cm³/mol. The predicted octanol–water partition coefficient (Wildman–Crippen LogP) is 6.26. The Morgan fingerprint density at radius 1 is 1.00 bits per heavy atom. The van der Waals surface area contributed by atoms with E-state index < -0.39 is 57.9 Å².